The van der Waals surface area contributed by atoms with Gasteiger partial charge in [0.05, 0.1) is 25.3 Å². The molecule has 22 heavy (non-hydrogen) atoms. The zero-order chi connectivity index (χ0) is 16.5. The molecule has 1 fully saturated rings. The molecule has 1 N–H and O–H groups in total. The van der Waals surface area contributed by atoms with E-state index < -0.39 is 30.8 Å². The van der Waals surface area contributed by atoms with Crippen LogP contribution >= 0.6 is 0 Å². The van der Waals surface area contributed by atoms with E-state index in [0.717, 1.165) is 0 Å². The molecular weight excluding hydrogens is 296 g/mol. The average Bonchev–Trinajstić information content (AvgIpc) is 3.01. The number of likely N-dealkylation sites (tertiary alicyclic amines) is 1. The van der Waals surface area contributed by atoms with Gasteiger partial charge in [0.2, 0.25) is 5.91 Å². The van der Waals surface area contributed by atoms with Crippen LogP contribution in [0, 0.1) is 5.92 Å². The molecule has 0 saturated carbocycles. The Bertz CT molecular complexity index is 573. The van der Waals surface area contributed by atoms with Crippen LogP contribution < -0.4 is 5.32 Å². The lowest BCUT2D eigenvalue weighted by molar-refractivity contribution is -0.136. The van der Waals surface area contributed by atoms with E-state index >= 15 is 0 Å². The Balaban J connectivity index is 2.14. The minimum atomic E-state index is -2.90. The first kappa shape index (κ1) is 16.3. The molecule has 2 amide bonds. The number of nitrogens with one attached hydrogen (secondary N) is 1. The number of carbonyl (C=O) groups is 2. The highest BCUT2D eigenvalue weighted by Gasteiger charge is 2.47. The Morgan fingerprint density at radius 3 is 2.77 bits per heavy atom. The maximum atomic E-state index is 13.7. The Labute approximate surface area is 126 Å². The molecule has 0 radical (unpaired) electrons. The van der Waals surface area contributed by atoms with Gasteiger partial charge in [-0.25, -0.2) is 13.5 Å². The van der Waals surface area contributed by atoms with Crippen LogP contribution in [0.1, 0.15) is 30.8 Å². The van der Waals surface area contributed by atoms with Gasteiger partial charge in [0.15, 0.2) is 5.69 Å². The molecule has 0 bridgehead atoms. The molecule has 1 aliphatic heterocycles. The highest BCUT2D eigenvalue weighted by Crippen LogP contribution is 2.33. The summed E-state index contributed by atoms with van der Waals surface area (Å²) in [6.07, 6.45) is 0.966. The van der Waals surface area contributed by atoms with Crippen molar-refractivity contribution < 1.29 is 18.4 Å². The molecule has 2 heterocycles. The van der Waals surface area contributed by atoms with Crippen molar-refractivity contribution in [2.24, 2.45) is 5.92 Å². The van der Waals surface area contributed by atoms with Crippen molar-refractivity contribution >= 4 is 11.8 Å². The Hall–Kier alpha value is -2.06. The van der Waals surface area contributed by atoms with Gasteiger partial charge in [-0.1, -0.05) is 19.1 Å². The lowest BCUT2D eigenvalue weighted by Gasteiger charge is -2.25. The molecule has 0 aliphatic carbocycles. The van der Waals surface area contributed by atoms with Crippen LogP contribution in [0.5, 0.6) is 0 Å². The molecule has 2 rings (SSSR count). The lowest BCUT2D eigenvalue weighted by Crippen LogP contribution is -2.41. The standard InChI is InChI=1S/C13H19F2N5O2/c1-8(2)12(22)20-7-13(14,15)4-9(20)5-19-6-10(17-18-19)11(21)16-3/h6,8-9H,4-5,7H2,1-3H3,(H,16,21)/t9-/m0/s1. The van der Waals surface area contributed by atoms with Crippen LogP contribution in [0.2, 0.25) is 0 Å². The van der Waals surface area contributed by atoms with Gasteiger partial charge in [-0.05, 0) is 0 Å². The predicted octanol–water partition coefficient (Wildman–Crippen LogP) is 0.530. The van der Waals surface area contributed by atoms with Gasteiger partial charge in [0.25, 0.3) is 11.8 Å². The van der Waals surface area contributed by atoms with Gasteiger partial charge < -0.3 is 10.2 Å². The van der Waals surface area contributed by atoms with Crippen molar-refractivity contribution in [2.45, 2.75) is 38.8 Å². The number of halogens is 2. The number of nitrogens with zero attached hydrogens (tertiary/aromatic N) is 4. The number of hydrogen-bond donors (Lipinski definition) is 1. The monoisotopic (exact) mass is 315 g/mol. The molecule has 1 aliphatic rings. The number of alkyl halides is 2. The van der Waals surface area contributed by atoms with Crippen molar-refractivity contribution in [3.63, 3.8) is 0 Å². The largest absolute Gasteiger partial charge is 0.354 e. The van der Waals surface area contributed by atoms with E-state index in [2.05, 4.69) is 15.6 Å². The molecule has 122 valence electrons. The maximum Gasteiger partial charge on any atom is 0.273 e. The summed E-state index contributed by atoms with van der Waals surface area (Å²) in [5.74, 6) is -3.97. The van der Waals surface area contributed by atoms with Gasteiger partial charge >= 0.3 is 0 Å². The Morgan fingerprint density at radius 2 is 2.18 bits per heavy atom. The second kappa shape index (κ2) is 5.98. The second-order valence-electron chi connectivity index (χ2n) is 5.74. The van der Waals surface area contributed by atoms with E-state index in [4.69, 9.17) is 0 Å². The molecule has 7 nitrogen and oxygen atoms in total. The molecule has 0 spiro atoms. The number of rotatable bonds is 4. The van der Waals surface area contributed by atoms with E-state index in [9.17, 15) is 18.4 Å². The molecule has 0 aromatic carbocycles. The molecule has 1 aromatic heterocycles. The first-order chi connectivity index (χ1) is 10.2. The quantitative estimate of drug-likeness (QED) is 0.879. The molecular formula is C13H19F2N5O2. The normalized spacial score (nSPS) is 20.5. The minimum absolute atomic E-state index is 0.0814. The second-order valence-corrected chi connectivity index (χ2v) is 5.74. The van der Waals surface area contributed by atoms with E-state index in [-0.39, 0.29) is 24.1 Å². The van der Waals surface area contributed by atoms with Crippen molar-refractivity contribution in [1.82, 2.24) is 25.2 Å². The number of amides is 2. The van der Waals surface area contributed by atoms with E-state index in [0.29, 0.717) is 0 Å². The van der Waals surface area contributed by atoms with Crippen molar-refractivity contribution in [3.8, 4) is 0 Å². The average molecular weight is 315 g/mol. The minimum Gasteiger partial charge on any atom is -0.354 e. The summed E-state index contributed by atoms with van der Waals surface area (Å²) in [5.41, 5.74) is 0.106. The Kier molecular flexibility index (Phi) is 4.43. The molecule has 1 aromatic rings. The van der Waals surface area contributed by atoms with E-state index in [1.165, 1.54) is 22.8 Å². The van der Waals surface area contributed by atoms with Crippen LogP contribution in [0.25, 0.3) is 0 Å². The fraction of sp³-hybridized carbons (Fsp3) is 0.692. The van der Waals surface area contributed by atoms with Gasteiger partial charge in [0, 0.05) is 19.4 Å². The number of hydrogen-bond acceptors (Lipinski definition) is 4. The Morgan fingerprint density at radius 1 is 1.50 bits per heavy atom. The summed E-state index contributed by atoms with van der Waals surface area (Å²) in [6.45, 7) is 2.85. The summed E-state index contributed by atoms with van der Waals surface area (Å²) in [7, 11) is 1.46. The molecule has 0 unspecified atom stereocenters. The van der Waals surface area contributed by atoms with Gasteiger partial charge in [-0.2, -0.15) is 0 Å². The fourth-order valence-corrected chi connectivity index (χ4v) is 2.49. The zero-order valence-electron chi connectivity index (χ0n) is 12.7. The number of aromatic nitrogens is 3. The first-order valence-corrected chi connectivity index (χ1v) is 7.04. The molecule has 1 saturated heterocycles. The fourth-order valence-electron chi connectivity index (χ4n) is 2.49. The third-order valence-electron chi connectivity index (χ3n) is 3.55. The van der Waals surface area contributed by atoms with Crippen molar-refractivity contribution in [2.75, 3.05) is 13.6 Å². The molecule has 1 atom stereocenters. The van der Waals surface area contributed by atoms with Crippen molar-refractivity contribution in [1.29, 1.82) is 0 Å². The summed E-state index contributed by atoms with van der Waals surface area (Å²) < 4.78 is 28.6. The summed E-state index contributed by atoms with van der Waals surface area (Å²) in [4.78, 5) is 24.7. The third kappa shape index (κ3) is 3.40. The summed E-state index contributed by atoms with van der Waals surface area (Å²) >= 11 is 0. The summed E-state index contributed by atoms with van der Waals surface area (Å²) in [5, 5.41) is 9.84. The van der Waals surface area contributed by atoms with E-state index in [1.54, 1.807) is 13.8 Å². The topological polar surface area (TPSA) is 80.1 Å². The van der Waals surface area contributed by atoms with Gasteiger partial charge in [-0.3, -0.25) is 9.59 Å². The van der Waals surface area contributed by atoms with Crippen LogP contribution in [0.4, 0.5) is 8.78 Å². The van der Waals surface area contributed by atoms with Crippen LogP contribution in [0.3, 0.4) is 0 Å². The van der Waals surface area contributed by atoms with Crippen LogP contribution in [0.15, 0.2) is 6.20 Å². The van der Waals surface area contributed by atoms with Gasteiger partial charge in [-0.15, -0.1) is 5.10 Å². The lowest BCUT2D eigenvalue weighted by atomic mass is 10.1. The van der Waals surface area contributed by atoms with E-state index in [1.807, 2.05) is 0 Å². The highest BCUT2D eigenvalue weighted by atomic mass is 19.3. The van der Waals surface area contributed by atoms with Crippen LogP contribution in [-0.4, -0.2) is 57.3 Å². The SMILES string of the molecule is CNC(=O)c1cn(C[C@@H]2CC(F)(F)CN2C(=O)C(C)C)nn1. The first-order valence-electron chi connectivity index (χ1n) is 7.04. The highest BCUT2D eigenvalue weighted by molar-refractivity contribution is 5.91. The number of carbonyl (C=O) groups excluding carboxylic acids is 2. The smallest absolute Gasteiger partial charge is 0.273 e. The third-order valence-corrected chi connectivity index (χ3v) is 3.55. The van der Waals surface area contributed by atoms with Crippen LogP contribution in [-0.2, 0) is 11.3 Å². The van der Waals surface area contributed by atoms with Crippen molar-refractivity contribution in [3.05, 3.63) is 11.9 Å². The predicted molar refractivity (Wildman–Crippen MR) is 73.3 cm³/mol. The molecule has 9 heteroatoms. The summed E-state index contributed by atoms with van der Waals surface area (Å²) in [6, 6.07) is -0.663. The van der Waals surface area contributed by atoms with Gasteiger partial charge in [0.1, 0.15) is 0 Å². The maximum absolute atomic E-state index is 13.7. The zero-order valence-corrected chi connectivity index (χ0v) is 12.7.